The van der Waals surface area contributed by atoms with Crippen molar-refractivity contribution in [3.63, 3.8) is 0 Å². The van der Waals surface area contributed by atoms with Crippen molar-refractivity contribution in [3.05, 3.63) is 58.9 Å². The lowest BCUT2D eigenvalue weighted by Gasteiger charge is -2.11. The molecule has 2 aromatic carbocycles. The SMILES string of the molecule is Cc1ccc(NC(=O)[C@@H]2Cc3ccc(C)cc3S2)c(F)c1. The second kappa shape index (κ2) is 5.53. The molecule has 1 aliphatic heterocycles. The first kappa shape index (κ1) is 14.1. The molecule has 0 fully saturated rings. The Morgan fingerprint density at radius 3 is 2.67 bits per heavy atom. The van der Waals surface area contributed by atoms with Crippen molar-refractivity contribution >= 4 is 23.4 Å². The summed E-state index contributed by atoms with van der Waals surface area (Å²) in [5.74, 6) is -0.531. The summed E-state index contributed by atoms with van der Waals surface area (Å²) in [6, 6.07) is 11.0. The summed E-state index contributed by atoms with van der Waals surface area (Å²) in [6.45, 7) is 3.86. The zero-order chi connectivity index (χ0) is 15.0. The van der Waals surface area contributed by atoms with E-state index in [1.807, 2.05) is 13.8 Å². The summed E-state index contributed by atoms with van der Waals surface area (Å²) in [5, 5.41) is 2.50. The molecule has 0 saturated carbocycles. The molecule has 1 aliphatic rings. The number of carbonyl (C=O) groups is 1. The fourth-order valence-corrected chi connectivity index (χ4v) is 3.71. The molecule has 0 aromatic heterocycles. The summed E-state index contributed by atoms with van der Waals surface area (Å²) in [5.41, 5.74) is 3.46. The van der Waals surface area contributed by atoms with Crippen molar-refractivity contribution in [1.82, 2.24) is 0 Å². The molecular formula is C17H16FNOS. The fraction of sp³-hybridized carbons (Fsp3) is 0.235. The Labute approximate surface area is 127 Å². The Morgan fingerprint density at radius 2 is 1.90 bits per heavy atom. The predicted molar refractivity (Wildman–Crippen MR) is 84.3 cm³/mol. The van der Waals surface area contributed by atoms with Crippen LogP contribution in [-0.2, 0) is 11.2 Å². The van der Waals surface area contributed by atoms with E-state index < -0.39 is 0 Å². The first-order valence-electron chi connectivity index (χ1n) is 6.86. The number of hydrogen-bond acceptors (Lipinski definition) is 2. The van der Waals surface area contributed by atoms with Crippen molar-refractivity contribution in [2.75, 3.05) is 5.32 Å². The normalized spacial score (nSPS) is 16.6. The van der Waals surface area contributed by atoms with E-state index in [9.17, 15) is 9.18 Å². The summed E-state index contributed by atoms with van der Waals surface area (Å²) in [6.07, 6.45) is 0.694. The number of rotatable bonds is 2. The molecule has 0 radical (unpaired) electrons. The number of nitrogens with one attached hydrogen (secondary N) is 1. The van der Waals surface area contributed by atoms with Gasteiger partial charge in [0.1, 0.15) is 5.82 Å². The summed E-state index contributed by atoms with van der Waals surface area (Å²) >= 11 is 1.55. The minimum absolute atomic E-state index is 0.142. The van der Waals surface area contributed by atoms with Gasteiger partial charge in [0.25, 0.3) is 0 Å². The number of carbonyl (C=O) groups excluding carboxylic acids is 1. The maximum Gasteiger partial charge on any atom is 0.238 e. The molecule has 0 spiro atoms. The third-order valence-corrected chi connectivity index (χ3v) is 4.87. The average molecular weight is 301 g/mol. The Morgan fingerprint density at radius 1 is 1.19 bits per heavy atom. The number of halogens is 1. The highest BCUT2D eigenvalue weighted by molar-refractivity contribution is 8.01. The van der Waals surface area contributed by atoms with Crippen molar-refractivity contribution in [2.45, 2.75) is 30.4 Å². The maximum absolute atomic E-state index is 13.8. The molecule has 0 aliphatic carbocycles. The molecule has 0 unspecified atom stereocenters. The van der Waals surface area contributed by atoms with Gasteiger partial charge in [-0.25, -0.2) is 4.39 Å². The molecule has 1 amide bonds. The monoisotopic (exact) mass is 301 g/mol. The van der Waals surface area contributed by atoms with Crippen LogP contribution < -0.4 is 5.32 Å². The molecule has 2 aromatic rings. The number of benzene rings is 2. The van der Waals surface area contributed by atoms with Crippen LogP contribution >= 0.6 is 11.8 Å². The van der Waals surface area contributed by atoms with Crippen LogP contribution in [0.1, 0.15) is 16.7 Å². The van der Waals surface area contributed by atoms with Gasteiger partial charge in [0.05, 0.1) is 10.9 Å². The van der Waals surface area contributed by atoms with Gasteiger partial charge in [0.2, 0.25) is 5.91 Å². The highest BCUT2D eigenvalue weighted by Gasteiger charge is 2.28. The van der Waals surface area contributed by atoms with Gasteiger partial charge in [-0.3, -0.25) is 4.79 Å². The molecule has 0 saturated heterocycles. The second-order valence-corrected chi connectivity index (χ2v) is 6.64. The Kier molecular flexibility index (Phi) is 3.72. The van der Waals surface area contributed by atoms with Crippen LogP contribution in [-0.4, -0.2) is 11.2 Å². The van der Waals surface area contributed by atoms with E-state index in [-0.39, 0.29) is 22.7 Å². The van der Waals surface area contributed by atoms with Crippen molar-refractivity contribution in [3.8, 4) is 0 Å². The van der Waals surface area contributed by atoms with Gasteiger partial charge < -0.3 is 5.32 Å². The van der Waals surface area contributed by atoms with E-state index in [0.29, 0.717) is 6.42 Å². The number of amides is 1. The maximum atomic E-state index is 13.8. The molecule has 21 heavy (non-hydrogen) atoms. The molecule has 108 valence electrons. The lowest BCUT2D eigenvalue weighted by Crippen LogP contribution is -2.25. The Hall–Kier alpha value is -1.81. The van der Waals surface area contributed by atoms with Crippen LogP contribution in [0.5, 0.6) is 0 Å². The molecular weight excluding hydrogens is 285 g/mol. The molecule has 0 bridgehead atoms. The van der Waals surface area contributed by atoms with Gasteiger partial charge in [-0.2, -0.15) is 0 Å². The zero-order valence-corrected chi connectivity index (χ0v) is 12.8. The van der Waals surface area contributed by atoms with Gasteiger partial charge in [-0.15, -0.1) is 11.8 Å². The third-order valence-electron chi connectivity index (χ3n) is 3.57. The zero-order valence-electron chi connectivity index (χ0n) is 11.9. The Balaban J connectivity index is 1.73. The van der Waals surface area contributed by atoms with E-state index in [1.165, 1.54) is 17.2 Å². The highest BCUT2D eigenvalue weighted by atomic mass is 32.2. The van der Waals surface area contributed by atoms with Crippen LogP contribution in [0.25, 0.3) is 0 Å². The first-order chi connectivity index (χ1) is 10.0. The van der Waals surface area contributed by atoms with Crippen molar-refractivity contribution < 1.29 is 9.18 Å². The number of aryl methyl sites for hydroxylation is 2. The van der Waals surface area contributed by atoms with E-state index in [4.69, 9.17) is 0 Å². The summed E-state index contributed by atoms with van der Waals surface area (Å²) in [4.78, 5) is 13.5. The topological polar surface area (TPSA) is 29.1 Å². The van der Waals surface area contributed by atoms with Crippen molar-refractivity contribution in [1.29, 1.82) is 0 Å². The van der Waals surface area contributed by atoms with Gasteiger partial charge >= 0.3 is 0 Å². The number of fused-ring (bicyclic) bond motifs is 1. The number of anilines is 1. The smallest absolute Gasteiger partial charge is 0.238 e. The quantitative estimate of drug-likeness (QED) is 0.905. The van der Waals surface area contributed by atoms with Gasteiger partial charge in [-0.05, 0) is 49.6 Å². The highest BCUT2D eigenvalue weighted by Crippen LogP contribution is 2.38. The van der Waals surface area contributed by atoms with Gasteiger partial charge in [-0.1, -0.05) is 23.8 Å². The molecule has 1 atom stereocenters. The summed E-state index contributed by atoms with van der Waals surface area (Å²) in [7, 11) is 0. The minimum atomic E-state index is -0.389. The molecule has 4 heteroatoms. The molecule has 1 heterocycles. The van der Waals surface area contributed by atoms with E-state index in [2.05, 4.69) is 23.5 Å². The fourth-order valence-electron chi connectivity index (χ4n) is 2.42. The third kappa shape index (κ3) is 2.95. The van der Waals surface area contributed by atoms with Crippen LogP contribution in [0.4, 0.5) is 10.1 Å². The van der Waals surface area contributed by atoms with Crippen molar-refractivity contribution in [2.24, 2.45) is 0 Å². The molecule has 2 nitrogen and oxygen atoms in total. The Bertz CT molecular complexity index is 714. The first-order valence-corrected chi connectivity index (χ1v) is 7.74. The van der Waals surface area contributed by atoms with Gasteiger partial charge in [0.15, 0.2) is 0 Å². The lowest BCUT2D eigenvalue weighted by molar-refractivity contribution is -0.115. The van der Waals surface area contributed by atoms with E-state index in [1.54, 1.807) is 23.9 Å². The minimum Gasteiger partial charge on any atom is -0.323 e. The average Bonchev–Trinajstić information content (AvgIpc) is 2.85. The standard InChI is InChI=1S/C17H16FNOS/c1-10-4-6-14(13(18)7-10)19-17(20)16-9-12-5-3-11(2)8-15(12)21-16/h3-8,16H,9H2,1-2H3,(H,19,20)/t16-/m0/s1. The number of hydrogen-bond donors (Lipinski definition) is 1. The van der Waals surface area contributed by atoms with Gasteiger partial charge in [0, 0.05) is 4.90 Å². The molecule has 3 rings (SSSR count). The van der Waals surface area contributed by atoms with Crippen LogP contribution in [0, 0.1) is 19.7 Å². The van der Waals surface area contributed by atoms with E-state index in [0.717, 1.165) is 10.5 Å². The lowest BCUT2D eigenvalue weighted by atomic mass is 10.1. The van der Waals surface area contributed by atoms with E-state index >= 15 is 0 Å². The molecule has 1 N–H and O–H groups in total. The van der Waals surface area contributed by atoms with Crippen LogP contribution in [0.2, 0.25) is 0 Å². The summed E-state index contributed by atoms with van der Waals surface area (Å²) < 4.78 is 13.8. The number of thioether (sulfide) groups is 1. The van der Waals surface area contributed by atoms with Crippen LogP contribution in [0.15, 0.2) is 41.3 Å². The second-order valence-electron chi connectivity index (χ2n) is 5.39. The predicted octanol–water partition coefficient (Wildman–Crippen LogP) is 4.10. The largest absolute Gasteiger partial charge is 0.323 e. The van der Waals surface area contributed by atoms with Crippen LogP contribution in [0.3, 0.4) is 0 Å².